The van der Waals surface area contributed by atoms with Crippen LogP contribution in [0.3, 0.4) is 0 Å². The van der Waals surface area contributed by atoms with E-state index >= 15 is 0 Å². The van der Waals surface area contributed by atoms with Crippen LogP contribution in [0.5, 0.6) is 0 Å². The normalized spacial score (nSPS) is 19.5. The Hall–Kier alpha value is -1.12. The molecule has 1 rings (SSSR count). The molecule has 0 spiro atoms. The van der Waals surface area contributed by atoms with Crippen LogP contribution >= 0.6 is 0 Å². The zero-order valence-electron chi connectivity index (χ0n) is 10.9. The van der Waals surface area contributed by atoms with E-state index in [1.807, 2.05) is 0 Å². The van der Waals surface area contributed by atoms with Gasteiger partial charge in [-0.15, -0.1) is 0 Å². The van der Waals surface area contributed by atoms with Gasteiger partial charge in [0, 0.05) is 12.6 Å². The van der Waals surface area contributed by atoms with Crippen molar-refractivity contribution in [1.29, 1.82) is 0 Å². The van der Waals surface area contributed by atoms with Gasteiger partial charge in [-0.1, -0.05) is 0 Å². The van der Waals surface area contributed by atoms with Gasteiger partial charge in [-0.25, -0.2) is 0 Å². The number of hydrogen-bond donors (Lipinski definition) is 5. The minimum atomic E-state index is -1.34. The Morgan fingerprint density at radius 1 is 0.947 bits per heavy atom. The highest BCUT2D eigenvalue weighted by atomic mass is 16.4. The maximum Gasteiger partial charge on any atom is 0.126 e. The molecule has 0 bridgehead atoms. The molecule has 0 radical (unpaired) electrons. The summed E-state index contributed by atoms with van der Waals surface area (Å²) in [6, 6.07) is 0. The number of aliphatic hydroxyl groups excluding tert-OH is 5. The summed E-state index contributed by atoms with van der Waals surface area (Å²) in [5.74, 6) is 0. The smallest absolute Gasteiger partial charge is 0.126 e. The quantitative estimate of drug-likeness (QED) is 0.428. The summed E-state index contributed by atoms with van der Waals surface area (Å²) in [5.41, 5.74) is 0.583. The van der Waals surface area contributed by atoms with Gasteiger partial charge in [0.25, 0.3) is 0 Å². The fraction of sp³-hybridized carbons (Fsp3) is 0.667. The van der Waals surface area contributed by atoms with Crippen molar-refractivity contribution in [2.75, 3.05) is 0 Å². The van der Waals surface area contributed by atoms with Crippen LogP contribution in [0.4, 0.5) is 0 Å². The number of hydrogen-bond acceptors (Lipinski definition) is 7. The Bertz CT molecular complexity index is 382. The lowest BCUT2D eigenvalue weighted by molar-refractivity contribution is -0.0549. The van der Waals surface area contributed by atoms with Gasteiger partial charge < -0.3 is 25.5 Å². The molecular formula is C12H20N2O5. The first-order valence-electron chi connectivity index (χ1n) is 6.04. The minimum Gasteiger partial charge on any atom is -0.391 e. The highest BCUT2D eigenvalue weighted by Crippen LogP contribution is 2.16. The van der Waals surface area contributed by atoms with Crippen LogP contribution in [0.15, 0.2) is 12.4 Å². The van der Waals surface area contributed by atoms with Crippen molar-refractivity contribution in [1.82, 2.24) is 9.97 Å². The van der Waals surface area contributed by atoms with E-state index in [1.54, 1.807) is 0 Å². The number of aliphatic hydroxyl groups is 5. The maximum absolute atomic E-state index is 9.72. The first-order valence-corrected chi connectivity index (χ1v) is 6.04. The second-order valence-electron chi connectivity index (χ2n) is 4.62. The fourth-order valence-corrected chi connectivity index (χ4v) is 1.45. The summed E-state index contributed by atoms with van der Waals surface area (Å²) in [6.07, 6.45) is -2.82. The van der Waals surface area contributed by atoms with E-state index in [4.69, 9.17) is 10.2 Å². The van der Waals surface area contributed by atoms with Gasteiger partial charge in [0.15, 0.2) is 0 Å². The SMILES string of the molecule is C[C@@H](O)[C@@H](O)[C@@H](O)c1cnc(C[C@H](O)[C@@H](C)O)cn1. The van der Waals surface area contributed by atoms with E-state index in [9.17, 15) is 15.3 Å². The molecule has 0 fully saturated rings. The fourth-order valence-electron chi connectivity index (χ4n) is 1.45. The first-order chi connectivity index (χ1) is 8.82. The van der Waals surface area contributed by atoms with E-state index in [2.05, 4.69) is 9.97 Å². The highest BCUT2D eigenvalue weighted by molar-refractivity contribution is 5.07. The standard InChI is InChI=1S/C12H20N2O5/c1-6(15)10(17)3-8-4-14-9(5-13-8)12(19)11(18)7(2)16/h4-7,10-12,15-19H,3H2,1-2H3/t6-,7-,10+,11-,12+/m1/s1. The molecule has 0 aliphatic rings. The average Bonchev–Trinajstić information content (AvgIpc) is 2.37. The van der Waals surface area contributed by atoms with Crippen molar-refractivity contribution >= 4 is 0 Å². The second-order valence-corrected chi connectivity index (χ2v) is 4.62. The second kappa shape index (κ2) is 6.88. The van der Waals surface area contributed by atoms with Crippen molar-refractivity contribution in [3.05, 3.63) is 23.8 Å². The molecule has 0 saturated carbocycles. The molecule has 5 N–H and O–H groups in total. The molecule has 0 unspecified atom stereocenters. The lowest BCUT2D eigenvalue weighted by Gasteiger charge is -2.19. The van der Waals surface area contributed by atoms with Gasteiger partial charge in [-0.2, -0.15) is 0 Å². The van der Waals surface area contributed by atoms with Crippen LogP contribution in [-0.2, 0) is 6.42 Å². The van der Waals surface area contributed by atoms with Gasteiger partial charge in [-0.3, -0.25) is 9.97 Å². The Morgan fingerprint density at radius 2 is 1.58 bits per heavy atom. The van der Waals surface area contributed by atoms with Crippen LogP contribution in [0.2, 0.25) is 0 Å². The van der Waals surface area contributed by atoms with Crippen molar-refractivity contribution < 1.29 is 25.5 Å². The van der Waals surface area contributed by atoms with E-state index < -0.39 is 30.5 Å². The Kier molecular flexibility index (Phi) is 5.77. The highest BCUT2D eigenvalue weighted by Gasteiger charge is 2.24. The zero-order valence-corrected chi connectivity index (χ0v) is 10.9. The van der Waals surface area contributed by atoms with E-state index in [1.165, 1.54) is 26.2 Å². The molecule has 7 heteroatoms. The van der Waals surface area contributed by atoms with Crippen LogP contribution in [-0.4, -0.2) is 59.9 Å². The third-order valence-corrected chi connectivity index (χ3v) is 2.82. The summed E-state index contributed by atoms with van der Waals surface area (Å²) >= 11 is 0. The van der Waals surface area contributed by atoms with Crippen LogP contribution in [0.25, 0.3) is 0 Å². The monoisotopic (exact) mass is 272 g/mol. The molecule has 1 heterocycles. The van der Waals surface area contributed by atoms with Crippen LogP contribution < -0.4 is 0 Å². The Morgan fingerprint density at radius 3 is 2.00 bits per heavy atom. The number of aromatic nitrogens is 2. The topological polar surface area (TPSA) is 127 Å². The molecular weight excluding hydrogens is 252 g/mol. The van der Waals surface area contributed by atoms with Gasteiger partial charge in [0.1, 0.15) is 12.2 Å². The molecule has 5 atom stereocenters. The van der Waals surface area contributed by atoms with Crippen molar-refractivity contribution in [2.24, 2.45) is 0 Å². The molecule has 7 nitrogen and oxygen atoms in total. The Labute approximate surface area is 111 Å². The molecule has 1 aromatic heterocycles. The number of nitrogens with zero attached hydrogens (tertiary/aromatic N) is 2. The van der Waals surface area contributed by atoms with Gasteiger partial charge in [0.2, 0.25) is 0 Å². The van der Waals surface area contributed by atoms with E-state index in [-0.39, 0.29) is 12.1 Å². The summed E-state index contributed by atoms with van der Waals surface area (Å²) in [7, 11) is 0. The molecule has 0 aliphatic heterocycles. The van der Waals surface area contributed by atoms with Crippen molar-refractivity contribution in [3.8, 4) is 0 Å². The molecule has 0 saturated heterocycles. The molecule has 0 aliphatic carbocycles. The number of rotatable bonds is 6. The molecule has 108 valence electrons. The zero-order chi connectivity index (χ0) is 14.6. The third kappa shape index (κ3) is 4.48. The predicted octanol–water partition coefficient (Wildman–Crippen LogP) is -1.46. The lowest BCUT2D eigenvalue weighted by Crippen LogP contribution is -2.30. The molecule has 19 heavy (non-hydrogen) atoms. The Balaban J connectivity index is 2.71. The third-order valence-electron chi connectivity index (χ3n) is 2.82. The molecule has 0 amide bonds. The predicted molar refractivity (Wildman–Crippen MR) is 66.1 cm³/mol. The summed E-state index contributed by atoms with van der Waals surface area (Å²) in [6.45, 7) is 2.82. The molecule has 0 aromatic carbocycles. The van der Waals surface area contributed by atoms with Gasteiger partial charge >= 0.3 is 0 Å². The summed E-state index contributed by atoms with van der Waals surface area (Å²) in [4.78, 5) is 7.90. The summed E-state index contributed by atoms with van der Waals surface area (Å²) in [5, 5.41) is 47.0. The largest absolute Gasteiger partial charge is 0.391 e. The van der Waals surface area contributed by atoms with Crippen molar-refractivity contribution in [2.45, 2.75) is 50.8 Å². The van der Waals surface area contributed by atoms with Crippen molar-refractivity contribution in [3.63, 3.8) is 0 Å². The van der Waals surface area contributed by atoms with Crippen LogP contribution in [0, 0.1) is 0 Å². The molecule has 1 aromatic rings. The van der Waals surface area contributed by atoms with E-state index in [0.29, 0.717) is 5.69 Å². The maximum atomic E-state index is 9.72. The lowest BCUT2D eigenvalue weighted by atomic mass is 10.1. The first kappa shape index (κ1) is 15.9. The average molecular weight is 272 g/mol. The van der Waals surface area contributed by atoms with Crippen LogP contribution in [0.1, 0.15) is 31.3 Å². The minimum absolute atomic E-state index is 0.128. The van der Waals surface area contributed by atoms with Gasteiger partial charge in [0.05, 0.1) is 35.9 Å². The van der Waals surface area contributed by atoms with E-state index in [0.717, 1.165) is 0 Å². The van der Waals surface area contributed by atoms with Gasteiger partial charge in [-0.05, 0) is 13.8 Å². The summed E-state index contributed by atoms with van der Waals surface area (Å²) < 4.78 is 0.